The summed E-state index contributed by atoms with van der Waals surface area (Å²) < 4.78 is 5.27. The topological polar surface area (TPSA) is 87.7 Å². The first-order valence-electron chi connectivity index (χ1n) is 7.53. The van der Waals surface area contributed by atoms with Crippen molar-refractivity contribution < 1.29 is 19.1 Å². The number of nitrogens with one attached hydrogen (secondary N) is 2. The average Bonchev–Trinajstić information content (AvgIpc) is 2.84. The number of para-hydroxylation sites is 1. The highest BCUT2D eigenvalue weighted by Crippen LogP contribution is 2.40. The number of hydrogen-bond donors (Lipinski definition) is 2. The second-order valence-electron chi connectivity index (χ2n) is 6.36. The van der Waals surface area contributed by atoms with Crippen LogP contribution < -0.4 is 15.5 Å². The summed E-state index contributed by atoms with van der Waals surface area (Å²) in [5, 5.41) is 5.34. The first-order valence-corrected chi connectivity index (χ1v) is 7.53. The summed E-state index contributed by atoms with van der Waals surface area (Å²) >= 11 is 0. The van der Waals surface area contributed by atoms with Gasteiger partial charge in [0.1, 0.15) is 5.60 Å². The molecule has 1 heterocycles. The van der Waals surface area contributed by atoms with Crippen molar-refractivity contribution >= 4 is 29.8 Å². The van der Waals surface area contributed by atoms with Gasteiger partial charge >= 0.3 is 6.09 Å². The van der Waals surface area contributed by atoms with E-state index in [-0.39, 0.29) is 12.5 Å². The number of alkyl carbamates (subject to hydrolysis) is 1. The van der Waals surface area contributed by atoms with E-state index in [2.05, 4.69) is 17.2 Å². The van der Waals surface area contributed by atoms with Crippen LogP contribution in [0.3, 0.4) is 0 Å². The largest absolute Gasteiger partial charge is 0.444 e. The third-order valence-corrected chi connectivity index (χ3v) is 3.42. The molecule has 24 heavy (non-hydrogen) atoms. The molecule has 1 unspecified atom stereocenters. The van der Waals surface area contributed by atoms with Gasteiger partial charge in [0.25, 0.3) is 5.91 Å². The number of nitrogens with zero attached hydrogens (tertiary/aromatic N) is 1. The fourth-order valence-corrected chi connectivity index (χ4v) is 2.58. The Balaban J connectivity index is 2.33. The molecular weight excluding hydrogens is 310 g/mol. The third kappa shape index (κ3) is 3.73. The van der Waals surface area contributed by atoms with Crippen LogP contribution in [-0.4, -0.2) is 30.6 Å². The normalized spacial score (nSPS) is 16.1. The van der Waals surface area contributed by atoms with Crippen LogP contribution in [0.5, 0.6) is 0 Å². The van der Waals surface area contributed by atoms with E-state index in [1.807, 2.05) is 0 Å². The van der Waals surface area contributed by atoms with Crippen LogP contribution in [0.1, 0.15) is 32.4 Å². The quantitative estimate of drug-likeness (QED) is 0.655. The Morgan fingerprint density at radius 2 is 2.08 bits per heavy atom. The van der Waals surface area contributed by atoms with Gasteiger partial charge in [0, 0.05) is 5.56 Å². The van der Waals surface area contributed by atoms with Crippen LogP contribution in [0.25, 0.3) is 0 Å². The van der Waals surface area contributed by atoms with Gasteiger partial charge in [-0.3, -0.25) is 9.59 Å². The Morgan fingerprint density at radius 3 is 2.67 bits per heavy atom. The summed E-state index contributed by atoms with van der Waals surface area (Å²) in [6, 6.07) is 4.79. The number of anilines is 2. The van der Waals surface area contributed by atoms with E-state index in [9.17, 15) is 14.4 Å². The first kappa shape index (κ1) is 17.5. The molecule has 1 atom stereocenters. The molecule has 0 aliphatic carbocycles. The van der Waals surface area contributed by atoms with Gasteiger partial charge in [-0.05, 0) is 32.9 Å². The lowest BCUT2D eigenvalue weighted by Gasteiger charge is -2.22. The van der Waals surface area contributed by atoms with Gasteiger partial charge in [-0.15, -0.1) is 0 Å². The molecule has 1 aliphatic heterocycles. The van der Waals surface area contributed by atoms with Gasteiger partial charge in [-0.1, -0.05) is 18.7 Å². The van der Waals surface area contributed by atoms with E-state index in [0.717, 1.165) is 5.56 Å². The minimum absolute atomic E-state index is 0.233. The molecule has 7 heteroatoms. The Kier molecular flexibility index (Phi) is 4.92. The van der Waals surface area contributed by atoms with E-state index in [1.165, 1.54) is 11.0 Å². The summed E-state index contributed by atoms with van der Waals surface area (Å²) in [7, 11) is 0. The van der Waals surface area contributed by atoms with Gasteiger partial charge in [0.2, 0.25) is 6.41 Å². The van der Waals surface area contributed by atoms with Crippen molar-refractivity contribution in [2.45, 2.75) is 32.4 Å². The molecule has 1 aliphatic rings. The Bertz CT molecular complexity index is 679. The van der Waals surface area contributed by atoms with Crippen molar-refractivity contribution in [3.8, 4) is 0 Å². The maximum atomic E-state index is 12.1. The number of amides is 3. The average molecular weight is 331 g/mol. The highest BCUT2D eigenvalue weighted by Gasteiger charge is 2.35. The smallest absolute Gasteiger partial charge is 0.408 e. The summed E-state index contributed by atoms with van der Waals surface area (Å²) in [6.45, 7) is 9.05. The number of rotatable bonds is 4. The summed E-state index contributed by atoms with van der Waals surface area (Å²) in [5.41, 5.74) is 1.15. The monoisotopic (exact) mass is 331 g/mol. The zero-order valence-corrected chi connectivity index (χ0v) is 14.0. The number of benzene rings is 1. The predicted molar refractivity (Wildman–Crippen MR) is 90.8 cm³/mol. The van der Waals surface area contributed by atoms with Gasteiger partial charge in [-0.25, -0.2) is 4.79 Å². The number of hydrogen-bond acceptors (Lipinski definition) is 4. The molecule has 2 rings (SSSR count). The molecule has 1 aromatic rings. The molecule has 128 valence electrons. The fourth-order valence-electron chi connectivity index (χ4n) is 2.58. The maximum absolute atomic E-state index is 12.1. The molecule has 7 nitrogen and oxygen atoms in total. The molecule has 0 radical (unpaired) electrons. The van der Waals surface area contributed by atoms with Crippen LogP contribution in [0, 0.1) is 0 Å². The van der Waals surface area contributed by atoms with Gasteiger partial charge in [0.15, 0.2) is 0 Å². The second-order valence-corrected chi connectivity index (χ2v) is 6.36. The molecule has 0 saturated carbocycles. The van der Waals surface area contributed by atoms with Crippen LogP contribution in [0.15, 0.2) is 30.9 Å². The molecule has 0 fully saturated rings. The van der Waals surface area contributed by atoms with E-state index in [0.29, 0.717) is 17.8 Å². The Labute approximate surface area is 140 Å². The molecule has 3 amide bonds. The van der Waals surface area contributed by atoms with Gasteiger partial charge in [-0.2, -0.15) is 0 Å². The highest BCUT2D eigenvalue weighted by molar-refractivity contribution is 6.06. The number of fused-ring (bicyclic) bond motifs is 1. The number of carbonyl (C=O) groups is 3. The van der Waals surface area contributed by atoms with Crippen molar-refractivity contribution in [2.24, 2.45) is 0 Å². The molecule has 2 N–H and O–H groups in total. The van der Waals surface area contributed by atoms with E-state index < -0.39 is 17.7 Å². The Hall–Kier alpha value is -2.83. The molecule has 0 saturated heterocycles. The molecule has 0 spiro atoms. The zero-order chi connectivity index (χ0) is 17.9. The van der Waals surface area contributed by atoms with E-state index in [1.54, 1.807) is 39.0 Å². The van der Waals surface area contributed by atoms with Crippen LogP contribution >= 0.6 is 0 Å². The minimum Gasteiger partial charge on any atom is -0.444 e. The molecule has 1 aromatic carbocycles. The first-order chi connectivity index (χ1) is 11.3. The van der Waals surface area contributed by atoms with E-state index in [4.69, 9.17) is 4.74 Å². The Morgan fingerprint density at radius 1 is 1.38 bits per heavy atom. The lowest BCUT2D eigenvalue weighted by atomic mass is 10.1. The predicted octanol–water partition coefficient (Wildman–Crippen LogP) is 2.35. The molecular formula is C17H21N3O4. The molecule has 0 aromatic heterocycles. The highest BCUT2D eigenvalue weighted by atomic mass is 16.6. The van der Waals surface area contributed by atoms with Crippen LogP contribution in [-0.2, 0) is 14.3 Å². The fraction of sp³-hybridized carbons (Fsp3) is 0.353. The second kappa shape index (κ2) is 6.74. The van der Waals surface area contributed by atoms with Crippen molar-refractivity contribution in [1.29, 1.82) is 0 Å². The van der Waals surface area contributed by atoms with Crippen molar-refractivity contribution in [3.63, 3.8) is 0 Å². The number of carbonyl (C=O) groups excluding carboxylic acids is 3. The summed E-state index contributed by atoms with van der Waals surface area (Å²) in [4.78, 5) is 36.5. The lowest BCUT2D eigenvalue weighted by molar-refractivity contribution is -0.114. The van der Waals surface area contributed by atoms with Gasteiger partial charge < -0.3 is 20.3 Å². The van der Waals surface area contributed by atoms with E-state index >= 15 is 0 Å². The van der Waals surface area contributed by atoms with Crippen LogP contribution in [0.4, 0.5) is 16.2 Å². The van der Waals surface area contributed by atoms with Crippen molar-refractivity contribution in [1.82, 2.24) is 5.32 Å². The summed E-state index contributed by atoms with van der Waals surface area (Å²) in [6.07, 6.45) is 1.16. The maximum Gasteiger partial charge on any atom is 0.408 e. The SMILES string of the molecule is C=CC(=O)N1CC(NC(=O)OC(C)(C)C)c2cccc(NC=O)c21. The van der Waals surface area contributed by atoms with Crippen molar-refractivity contribution in [2.75, 3.05) is 16.8 Å². The third-order valence-electron chi connectivity index (χ3n) is 3.42. The van der Waals surface area contributed by atoms with Gasteiger partial charge in [0.05, 0.1) is 24.0 Å². The van der Waals surface area contributed by atoms with Crippen LogP contribution in [0.2, 0.25) is 0 Å². The lowest BCUT2D eigenvalue weighted by Crippen LogP contribution is -2.38. The summed E-state index contributed by atoms with van der Waals surface area (Å²) in [5.74, 6) is -0.315. The standard InChI is InChI=1S/C17H21N3O4/c1-5-14(22)20-9-13(19-16(23)24-17(2,3)4)11-7-6-8-12(15(11)20)18-10-21/h5-8,10,13H,1,9H2,2-4H3,(H,18,21)(H,19,23). The minimum atomic E-state index is -0.622. The van der Waals surface area contributed by atoms with Crippen molar-refractivity contribution in [3.05, 3.63) is 36.4 Å². The zero-order valence-electron chi connectivity index (χ0n) is 14.0. The molecule has 0 bridgehead atoms. The number of ether oxygens (including phenoxy) is 1.